The average Bonchev–Trinajstić information content (AvgIpc) is 2.58. The van der Waals surface area contributed by atoms with E-state index in [0.717, 1.165) is 11.8 Å². The van der Waals surface area contributed by atoms with Gasteiger partial charge in [0.05, 0.1) is 12.7 Å². The van der Waals surface area contributed by atoms with E-state index in [1.807, 2.05) is 0 Å². The Kier molecular flexibility index (Phi) is 3.76. The normalized spacial score (nSPS) is 39.1. The Morgan fingerprint density at radius 1 is 1.18 bits per heavy atom. The van der Waals surface area contributed by atoms with Gasteiger partial charge in [0.2, 0.25) is 5.91 Å². The van der Waals surface area contributed by atoms with Crippen molar-refractivity contribution in [2.45, 2.75) is 59.2 Å². The molecule has 17 heavy (non-hydrogen) atoms. The third kappa shape index (κ3) is 2.65. The molecule has 3 atom stereocenters. The van der Waals surface area contributed by atoms with E-state index in [1.54, 1.807) is 0 Å². The van der Waals surface area contributed by atoms with Crippen LogP contribution in [0.2, 0.25) is 0 Å². The molecular formula is C14H26N2O. The van der Waals surface area contributed by atoms with Crippen molar-refractivity contribution in [1.29, 1.82) is 0 Å². The van der Waals surface area contributed by atoms with Crippen molar-refractivity contribution >= 4 is 5.91 Å². The Morgan fingerprint density at radius 2 is 1.76 bits per heavy atom. The number of carbonyl (C=O) groups is 1. The lowest BCUT2D eigenvalue weighted by Crippen LogP contribution is -2.49. The minimum atomic E-state index is 0.255. The zero-order chi connectivity index (χ0) is 12.6. The highest BCUT2D eigenvalue weighted by Crippen LogP contribution is 2.34. The summed E-state index contributed by atoms with van der Waals surface area (Å²) in [6.45, 7) is 9.56. The molecule has 0 radical (unpaired) electrons. The van der Waals surface area contributed by atoms with Crippen LogP contribution < -0.4 is 5.32 Å². The van der Waals surface area contributed by atoms with Crippen molar-refractivity contribution in [1.82, 2.24) is 10.2 Å². The summed E-state index contributed by atoms with van der Waals surface area (Å²) in [5.74, 6) is 2.30. The fourth-order valence-electron chi connectivity index (χ4n) is 3.66. The van der Waals surface area contributed by atoms with Crippen molar-refractivity contribution in [2.75, 3.05) is 6.54 Å². The van der Waals surface area contributed by atoms with Crippen molar-refractivity contribution in [3.63, 3.8) is 0 Å². The highest BCUT2D eigenvalue weighted by Gasteiger charge is 2.39. The van der Waals surface area contributed by atoms with Crippen LogP contribution in [-0.4, -0.2) is 29.6 Å². The third-order valence-electron chi connectivity index (χ3n) is 4.23. The summed E-state index contributed by atoms with van der Waals surface area (Å²) in [5, 5.41) is 3.36. The number of nitrogens with one attached hydrogen (secondary N) is 1. The maximum Gasteiger partial charge on any atom is 0.238 e. The fourth-order valence-corrected chi connectivity index (χ4v) is 3.66. The summed E-state index contributed by atoms with van der Waals surface area (Å²) in [4.78, 5) is 14.2. The lowest BCUT2D eigenvalue weighted by Gasteiger charge is -2.40. The number of carbonyl (C=O) groups excluding carboxylic acids is 1. The lowest BCUT2D eigenvalue weighted by atomic mass is 9.79. The van der Waals surface area contributed by atoms with E-state index in [0.29, 0.717) is 24.4 Å². The Labute approximate surface area is 105 Å². The van der Waals surface area contributed by atoms with Crippen molar-refractivity contribution in [3.8, 4) is 0 Å². The molecule has 2 rings (SSSR count). The van der Waals surface area contributed by atoms with Gasteiger partial charge in [-0.05, 0) is 37.0 Å². The van der Waals surface area contributed by atoms with Gasteiger partial charge < -0.3 is 4.90 Å². The molecule has 3 nitrogen and oxygen atoms in total. The predicted octanol–water partition coefficient (Wildman–Crippen LogP) is 2.22. The molecule has 0 spiro atoms. The van der Waals surface area contributed by atoms with Crippen LogP contribution >= 0.6 is 0 Å². The molecule has 1 saturated heterocycles. The van der Waals surface area contributed by atoms with E-state index in [9.17, 15) is 4.79 Å². The van der Waals surface area contributed by atoms with E-state index in [2.05, 4.69) is 37.9 Å². The molecular weight excluding hydrogens is 212 g/mol. The fraction of sp³-hybridized carbons (Fsp3) is 0.929. The SMILES string of the molecule is CC1CC(C)CC(N2C(=O)CNC2C(C)C)C1. The summed E-state index contributed by atoms with van der Waals surface area (Å²) in [5.41, 5.74) is 0. The standard InChI is InChI=1S/C14H26N2O/c1-9(2)14-15-8-13(17)16(14)12-6-10(3)5-11(4)7-12/h9-12,14-15H,5-8H2,1-4H3. The zero-order valence-corrected chi connectivity index (χ0v) is 11.6. The van der Waals surface area contributed by atoms with Crippen LogP contribution in [-0.2, 0) is 4.79 Å². The maximum absolute atomic E-state index is 12.1. The summed E-state index contributed by atoms with van der Waals surface area (Å²) in [6.07, 6.45) is 3.94. The van der Waals surface area contributed by atoms with Crippen LogP contribution in [0, 0.1) is 17.8 Å². The van der Waals surface area contributed by atoms with Gasteiger partial charge in [-0.25, -0.2) is 0 Å². The van der Waals surface area contributed by atoms with Crippen LogP contribution in [0.5, 0.6) is 0 Å². The van der Waals surface area contributed by atoms with Crippen LogP contribution in [0.1, 0.15) is 47.0 Å². The van der Waals surface area contributed by atoms with E-state index in [4.69, 9.17) is 0 Å². The van der Waals surface area contributed by atoms with Crippen molar-refractivity contribution < 1.29 is 4.79 Å². The first-order valence-electron chi connectivity index (χ1n) is 7.03. The van der Waals surface area contributed by atoms with Crippen LogP contribution in [0.15, 0.2) is 0 Å². The molecule has 1 aliphatic carbocycles. The van der Waals surface area contributed by atoms with Gasteiger partial charge in [-0.15, -0.1) is 0 Å². The predicted molar refractivity (Wildman–Crippen MR) is 69.4 cm³/mol. The topological polar surface area (TPSA) is 32.3 Å². The van der Waals surface area contributed by atoms with Crippen molar-refractivity contribution in [3.05, 3.63) is 0 Å². The summed E-state index contributed by atoms with van der Waals surface area (Å²) in [7, 11) is 0. The van der Waals surface area contributed by atoms with Gasteiger partial charge in [0.15, 0.2) is 0 Å². The Hall–Kier alpha value is -0.570. The van der Waals surface area contributed by atoms with E-state index < -0.39 is 0 Å². The summed E-state index contributed by atoms with van der Waals surface area (Å²) in [6, 6.07) is 0.462. The Balaban J connectivity index is 2.10. The molecule has 1 N–H and O–H groups in total. The third-order valence-corrected chi connectivity index (χ3v) is 4.23. The first-order valence-corrected chi connectivity index (χ1v) is 7.03. The number of hydrogen-bond donors (Lipinski definition) is 1. The largest absolute Gasteiger partial charge is 0.323 e. The highest BCUT2D eigenvalue weighted by atomic mass is 16.2. The maximum atomic E-state index is 12.1. The molecule has 1 heterocycles. The highest BCUT2D eigenvalue weighted by molar-refractivity contribution is 5.81. The van der Waals surface area contributed by atoms with Crippen LogP contribution in [0.4, 0.5) is 0 Å². The number of amides is 1. The smallest absolute Gasteiger partial charge is 0.238 e. The number of rotatable bonds is 2. The van der Waals surface area contributed by atoms with Crippen molar-refractivity contribution in [2.24, 2.45) is 17.8 Å². The average molecular weight is 238 g/mol. The Morgan fingerprint density at radius 3 is 2.29 bits per heavy atom. The number of nitrogens with zero attached hydrogens (tertiary/aromatic N) is 1. The molecule has 0 aromatic carbocycles. The molecule has 2 fully saturated rings. The van der Waals surface area contributed by atoms with Crippen LogP contribution in [0.3, 0.4) is 0 Å². The molecule has 3 heteroatoms. The molecule has 0 bridgehead atoms. The molecule has 1 amide bonds. The second kappa shape index (κ2) is 4.97. The van der Waals surface area contributed by atoms with E-state index >= 15 is 0 Å². The molecule has 1 aliphatic heterocycles. The summed E-state index contributed by atoms with van der Waals surface area (Å²) >= 11 is 0. The minimum Gasteiger partial charge on any atom is -0.323 e. The second-order valence-electron chi connectivity index (χ2n) is 6.44. The minimum absolute atomic E-state index is 0.255. The van der Waals surface area contributed by atoms with Gasteiger partial charge in [-0.1, -0.05) is 27.7 Å². The number of hydrogen-bond acceptors (Lipinski definition) is 2. The lowest BCUT2D eigenvalue weighted by molar-refractivity contribution is -0.132. The monoisotopic (exact) mass is 238 g/mol. The van der Waals surface area contributed by atoms with E-state index in [1.165, 1.54) is 19.3 Å². The zero-order valence-electron chi connectivity index (χ0n) is 11.6. The van der Waals surface area contributed by atoms with Gasteiger partial charge >= 0.3 is 0 Å². The molecule has 98 valence electrons. The van der Waals surface area contributed by atoms with Gasteiger partial charge in [0.1, 0.15) is 0 Å². The van der Waals surface area contributed by atoms with E-state index in [-0.39, 0.29) is 6.17 Å². The molecule has 3 unspecified atom stereocenters. The molecule has 2 aliphatic rings. The Bertz CT molecular complexity index is 280. The summed E-state index contributed by atoms with van der Waals surface area (Å²) < 4.78 is 0. The van der Waals surface area contributed by atoms with Gasteiger partial charge in [0.25, 0.3) is 0 Å². The molecule has 0 aromatic heterocycles. The van der Waals surface area contributed by atoms with Crippen LogP contribution in [0.25, 0.3) is 0 Å². The quantitative estimate of drug-likeness (QED) is 0.800. The first kappa shape index (κ1) is 12.9. The van der Waals surface area contributed by atoms with Gasteiger partial charge in [0, 0.05) is 6.04 Å². The molecule has 1 saturated carbocycles. The van der Waals surface area contributed by atoms with Gasteiger partial charge in [-0.2, -0.15) is 0 Å². The van der Waals surface area contributed by atoms with Gasteiger partial charge in [-0.3, -0.25) is 10.1 Å². The second-order valence-corrected chi connectivity index (χ2v) is 6.44. The molecule has 0 aromatic rings. The first-order chi connectivity index (χ1) is 7.99.